The minimum atomic E-state index is 0.466. The minimum absolute atomic E-state index is 0.466. The summed E-state index contributed by atoms with van der Waals surface area (Å²) >= 11 is 6.80. The van der Waals surface area contributed by atoms with Crippen molar-refractivity contribution in [3.63, 3.8) is 0 Å². The van der Waals surface area contributed by atoms with E-state index in [-0.39, 0.29) is 0 Å². The van der Waals surface area contributed by atoms with Crippen LogP contribution in [0.5, 0.6) is 0 Å². The summed E-state index contributed by atoms with van der Waals surface area (Å²) in [5.41, 5.74) is 0. The highest BCUT2D eigenvalue weighted by Gasteiger charge is 2.00. The van der Waals surface area contributed by atoms with E-state index in [0.29, 0.717) is 10.4 Å². The van der Waals surface area contributed by atoms with E-state index < -0.39 is 0 Å². The number of hydrogen-bond donors (Lipinski definition) is 0. The molecule has 56 valence electrons. The van der Waals surface area contributed by atoms with Crippen LogP contribution in [0.25, 0.3) is 5.95 Å². The Morgan fingerprint density at radius 1 is 1.36 bits per heavy atom. The number of nitrogens with zero attached hydrogens (tertiary/aromatic N) is 3. The number of rotatable bonds is 1. The van der Waals surface area contributed by atoms with E-state index >= 15 is 0 Å². The second kappa shape index (κ2) is 2.64. The lowest BCUT2D eigenvalue weighted by Gasteiger charge is -1.90. The van der Waals surface area contributed by atoms with Gasteiger partial charge < -0.3 is 0 Å². The first-order chi connectivity index (χ1) is 5.36. The molecule has 0 aliphatic heterocycles. The highest BCUT2D eigenvalue weighted by atomic mass is 35.5. The molecule has 0 radical (unpaired) electrons. The van der Waals surface area contributed by atoms with Gasteiger partial charge in [-0.2, -0.15) is 9.36 Å². The van der Waals surface area contributed by atoms with Crippen molar-refractivity contribution in [2.75, 3.05) is 0 Å². The first-order valence-electron chi connectivity index (χ1n) is 2.99. The summed E-state index contributed by atoms with van der Waals surface area (Å²) in [4.78, 5) is 3.99. The lowest BCUT2D eigenvalue weighted by atomic mass is 10.7. The molecule has 2 aromatic rings. The standard InChI is InChI=1S/C6H4ClN3S/c7-5-8-6(9-11-5)10-3-1-2-4-10/h1-4H. The molecule has 0 aliphatic carbocycles. The van der Waals surface area contributed by atoms with Crippen LogP contribution in [0.4, 0.5) is 0 Å². The molecule has 0 amide bonds. The highest BCUT2D eigenvalue weighted by Crippen LogP contribution is 2.13. The molecule has 0 saturated carbocycles. The SMILES string of the molecule is Clc1nc(-n2cccc2)ns1. The van der Waals surface area contributed by atoms with Gasteiger partial charge in [0.15, 0.2) is 0 Å². The van der Waals surface area contributed by atoms with Gasteiger partial charge in [0.25, 0.3) is 0 Å². The van der Waals surface area contributed by atoms with Gasteiger partial charge in [0.2, 0.25) is 10.4 Å². The van der Waals surface area contributed by atoms with Crippen LogP contribution >= 0.6 is 23.1 Å². The third-order valence-corrected chi connectivity index (χ3v) is 2.01. The van der Waals surface area contributed by atoms with Crippen LogP contribution in [-0.4, -0.2) is 13.9 Å². The number of halogens is 1. The summed E-state index contributed by atoms with van der Waals surface area (Å²) in [7, 11) is 0. The van der Waals surface area contributed by atoms with Gasteiger partial charge in [-0.3, -0.25) is 4.57 Å². The molecule has 0 atom stereocenters. The van der Waals surface area contributed by atoms with E-state index in [9.17, 15) is 0 Å². The molecule has 2 heterocycles. The average Bonchev–Trinajstić information content (AvgIpc) is 2.55. The van der Waals surface area contributed by atoms with Gasteiger partial charge in [-0.25, -0.2) is 0 Å². The molecule has 0 spiro atoms. The zero-order valence-corrected chi connectivity index (χ0v) is 7.01. The van der Waals surface area contributed by atoms with E-state index in [4.69, 9.17) is 11.6 Å². The molecule has 11 heavy (non-hydrogen) atoms. The van der Waals surface area contributed by atoms with Crippen molar-refractivity contribution in [1.29, 1.82) is 0 Å². The summed E-state index contributed by atoms with van der Waals surface area (Å²) in [6.07, 6.45) is 3.75. The van der Waals surface area contributed by atoms with Gasteiger partial charge in [0, 0.05) is 23.9 Å². The first kappa shape index (κ1) is 6.82. The highest BCUT2D eigenvalue weighted by molar-refractivity contribution is 7.10. The van der Waals surface area contributed by atoms with Gasteiger partial charge in [-0.1, -0.05) is 0 Å². The third-order valence-electron chi connectivity index (χ3n) is 1.23. The van der Waals surface area contributed by atoms with Gasteiger partial charge in [0.1, 0.15) is 0 Å². The quantitative estimate of drug-likeness (QED) is 0.680. The molecular weight excluding hydrogens is 182 g/mol. The fourth-order valence-electron chi connectivity index (χ4n) is 0.771. The van der Waals surface area contributed by atoms with Crippen LogP contribution in [0.1, 0.15) is 0 Å². The summed E-state index contributed by atoms with van der Waals surface area (Å²) in [6.45, 7) is 0. The molecular formula is C6H4ClN3S. The molecule has 0 fully saturated rings. The molecule has 5 heteroatoms. The smallest absolute Gasteiger partial charge is 0.246 e. The van der Waals surface area contributed by atoms with E-state index in [0.717, 1.165) is 0 Å². The minimum Gasteiger partial charge on any atom is -0.292 e. The van der Waals surface area contributed by atoms with Crippen molar-refractivity contribution in [3.8, 4) is 5.95 Å². The first-order valence-corrected chi connectivity index (χ1v) is 4.14. The predicted molar refractivity (Wildman–Crippen MR) is 44.2 cm³/mol. The summed E-state index contributed by atoms with van der Waals surface area (Å²) in [5.74, 6) is 0.630. The van der Waals surface area contributed by atoms with Gasteiger partial charge in [-0.15, -0.1) is 0 Å². The average molecular weight is 186 g/mol. The van der Waals surface area contributed by atoms with Crippen LogP contribution in [0, 0.1) is 0 Å². The maximum absolute atomic E-state index is 5.61. The summed E-state index contributed by atoms with van der Waals surface area (Å²) in [6, 6.07) is 3.82. The largest absolute Gasteiger partial charge is 0.292 e. The molecule has 0 aliphatic rings. The van der Waals surface area contributed by atoms with Gasteiger partial charge in [-0.05, 0) is 23.7 Å². The van der Waals surface area contributed by atoms with E-state index in [1.807, 2.05) is 29.1 Å². The van der Waals surface area contributed by atoms with Crippen molar-refractivity contribution in [2.45, 2.75) is 0 Å². The monoisotopic (exact) mass is 185 g/mol. The molecule has 0 bridgehead atoms. The molecule has 0 aromatic carbocycles. The molecule has 0 saturated heterocycles. The summed E-state index contributed by atoms with van der Waals surface area (Å²) in [5, 5.41) is 0. The van der Waals surface area contributed by atoms with E-state index in [2.05, 4.69) is 9.36 Å². The fraction of sp³-hybridized carbons (Fsp3) is 0. The zero-order chi connectivity index (χ0) is 7.68. The Balaban J connectivity index is 2.45. The Bertz CT molecular complexity index is 340. The second-order valence-electron chi connectivity index (χ2n) is 1.94. The lowest BCUT2D eigenvalue weighted by molar-refractivity contribution is 0.981. The maximum Gasteiger partial charge on any atom is 0.246 e. The van der Waals surface area contributed by atoms with Crippen molar-refractivity contribution in [3.05, 3.63) is 29.0 Å². The van der Waals surface area contributed by atoms with Crippen LogP contribution in [-0.2, 0) is 0 Å². The fourth-order valence-corrected chi connectivity index (χ4v) is 1.36. The molecule has 2 rings (SSSR count). The van der Waals surface area contributed by atoms with E-state index in [1.54, 1.807) is 0 Å². The Kier molecular flexibility index (Phi) is 1.63. The topological polar surface area (TPSA) is 30.7 Å². The van der Waals surface area contributed by atoms with Gasteiger partial charge >= 0.3 is 0 Å². The van der Waals surface area contributed by atoms with Crippen LogP contribution in [0.2, 0.25) is 4.47 Å². The molecule has 0 unspecified atom stereocenters. The normalized spacial score (nSPS) is 10.3. The number of aromatic nitrogens is 3. The van der Waals surface area contributed by atoms with Crippen molar-refractivity contribution in [1.82, 2.24) is 13.9 Å². The van der Waals surface area contributed by atoms with Crippen LogP contribution < -0.4 is 0 Å². The van der Waals surface area contributed by atoms with Crippen molar-refractivity contribution < 1.29 is 0 Å². The van der Waals surface area contributed by atoms with Crippen LogP contribution in [0.3, 0.4) is 0 Å². The lowest BCUT2D eigenvalue weighted by Crippen LogP contribution is -1.90. The van der Waals surface area contributed by atoms with Crippen LogP contribution in [0.15, 0.2) is 24.5 Å². The Morgan fingerprint density at radius 3 is 2.64 bits per heavy atom. The van der Waals surface area contributed by atoms with Gasteiger partial charge in [0.05, 0.1) is 0 Å². The summed E-state index contributed by atoms with van der Waals surface area (Å²) < 4.78 is 6.29. The Morgan fingerprint density at radius 2 is 2.09 bits per heavy atom. The van der Waals surface area contributed by atoms with Crippen molar-refractivity contribution in [2.24, 2.45) is 0 Å². The molecule has 3 nitrogen and oxygen atoms in total. The zero-order valence-electron chi connectivity index (χ0n) is 5.44. The number of hydrogen-bond acceptors (Lipinski definition) is 3. The second-order valence-corrected chi connectivity index (χ2v) is 3.27. The van der Waals surface area contributed by atoms with Crippen molar-refractivity contribution >= 4 is 23.1 Å². The maximum atomic E-state index is 5.61. The Hall–Kier alpha value is -0.870. The Labute approximate surface area is 72.4 Å². The third kappa shape index (κ3) is 1.27. The predicted octanol–water partition coefficient (Wildman–Crippen LogP) is 1.98. The molecule has 0 N–H and O–H groups in total. The molecule has 2 aromatic heterocycles. The van der Waals surface area contributed by atoms with E-state index in [1.165, 1.54) is 11.5 Å².